The summed E-state index contributed by atoms with van der Waals surface area (Å²) in [6.07, 6.45) is 0.468. The number of aliphatic hydroxyl groups is 1. The summed E-state index contributed by atoms with van der Waals surface area (Å²) in [5.41, 5.74) is 8.15. The standard InChI is InChI=1S/C32H37N5O7/c1-7-43-27-15-23(30-29(31(40)42-6)19(3)34-32(41)35-30)11-12-26(27)44-17-28(39)36-33-16-24-13-18(2)37(20(24)4)25-10-8-9-22(14-25)21(5)38/h8-16,28,30,36,39H,7,17H2,1-6H3,(H2,34,35,41)/b33-16-/t28-,30-/m1/s1. The summed E-state index contributed by atoms with van der Waals surface area (Å²) in [7, 11) is 1.27. The van der Waals surface area contributed by atoms with Gasteiger partial charge in [-0.2, -0.15) is 5.10 Å². The number of ether oxygens (including phenoxy) is 3. The number of urea groups is 1. The van der Waals surface area contributed by atoms with E-state index in [1.807, 2.05) is 49.6 Å². The third kappa shape index (κ3) is 7.09. The summed E-state index contributed by atoms with van der Waals surface area (Å²) in [6, 6.07) is 13.2. The Morgan fingerprint density at radius 2 is 1.89 bits per heavy atom. The number of hydrogen-bond acceptors (Lipinski definition) is 9. The van der Waals surface area contributed by atoms with E-state index in [2.05, 4.69) is 21.2 Å². The monoisotopic (exact) mass is 603 g/mol. The highest BCUT2D eigenvalue weighted by atomic mass is 16.5. The average Bonchev–Trinajstić information content (AvgIpc) is 3.28. The summed E-state index contributed by atoms with van der Waals surface area (Å²) in [5.74, 6) is 0.155. The number of amides is 2. The minimum Gasteiger partial charge on any atom is -0.490 e. The highest BCUT2D eigenvalue weighted by Gasteiger charge is 2.32. The van der Waals surface area contributed by atoms with Crippen molar-refractivity contribution in [3.05, 3.63) is 87.9 Å². The number of nitrogens with one attached hydrogen (secondary N) is 3. The zero-order valence-electron chi connectivity index (χ0n) is 25.6. The number of Topliss-reactive ketones (excluding diaryl/α,β-unsaturated/α-hetero) is 1. The predicted molar refractivity (Wildman–Crippen MR) is 164 cm³/mol. The van der Waals surface area contributed by atoms with E-state index in [-0.39, 0.29) is 18.0 Å². The maximum Gasteiger partial charge on any atom is 0.337 e. The van der Waals surface area contributed by atoms with Gasteiger partial charge in [0.05, 0.1) is 31.5 Å². The molecule has 0 bridgehead atoms. The van der Waals surface area contributed by atoms with Gasteiger partial charge in [-0.1, -0.05) is 18.2 Å². The van der Waals surface area contributed by atoms with Crippen LogP contribution in [0.3, 0.4) is 0 Å². The molecule has 3 aromatic rings. The molecule has 0 spiro atoms. The van der Waals surface area contributed by atoms with Crippen LogP contribution in [-0.4, -0.2) is 60.2 Å². The van der Waals surface area contributed by atoms with Crippen molar-refractivity contribution in [2.75, 3.05) is 20.3 Å². The third-order valence-electron chi connectivity index (χ3n) is 7.08. The predicted octanol–water partition coefficient (Wildman–Crippen LogP) is 3.82. The number of methoxy groups -OCH3 is 1. The number of allylic oxidation sites excluding steroid dienone is 1. The first-order chi connectivity index (χ1) is 21.0. The van der Waals surface area contributed by atoms with Crippen LogP contribution in [0.15, 0.2) is 64.9 Å². The first-order valence-corrected chi connectivity index (χ1v) is 14.1. The zero-order valence-corrected chi connectivity index (χ0v) is 25.6. The van der Waals surface area contributed by atoms with E-state index in [1.54, 1.807) is 37.4 Å². The maximum atomic E-state index is 12.4. The Bertz CT molecular complexity index is 1620. The van der Waals surface area contributed by atoms with Crippen LogP contribution in [0.25, 0.3) is 5.69 Å². The zero-order chi connectivity index (χ0) is 32.0. The van der Waals surface area contributed by atoms with Crippen LogP contribution in [0.4, 0.5) is 4.79 Å². The van der Waals surface area contributed by atoms with Crippen molar-refractivity contribution in [2.24, 2.45) is 5.10 Å². The van der Waals surface area contributed by atoms with E-state index in [0.29, 0.717) is 34.9 Å². The molecule has 1 aromatic heterocycles. The topological polar surface area (TPSA) is 153 Å². The van der Waals surface area contributed by atoms with Gasteiger partial charge in [-0.05, 0) is 70.5 Å². The maximum absolute atomic E-state index is 12.4. The Morgan fingerprint density at radius 1 is 1.11 bits per heavy atom. The van der Waals surface area contributed by atoms with Gasteiger partial charge in [0.1, 0.15) is 6.61 Å². The van der Waals surface area contributed by atoms with Crippen LogP contribution in [-0.2, 0) is 9.53 Å². The van der Waals surface area contributed by atoms with E-state index in [1.165, 1.54) is 14.0 Å². The largest absolute Gasteiger partial charge is 0.490 e. The fourth-order valence-corrected chi connectivity index (χ4v) is 4.99. The molecule has 12 nitrogen and oxygen atoms in total. The lowest BCUT2D eigenvalue weighted by Crippen LogP contribution is -2.45. The molecule has 1 aliphatic heterocycles. The molecule has 2 atom stereocenters. The number of aryl methyl sites for hydroxylation is 1. The van der Waals surface area contributed by atoms with Gasteiger partial charge in [0.2, 0.25) is 0 Å². The molecule has 44 heavy (non-hydrogen) atoms. The van der Waals surface area contributed by atoms with Gasteiger partial charge in [-0.15, -0.1) is 0 Å². The Labute approximate surface area is 255 Å². The Hall–Kier alpha value is -5.10. The summed E-state index contributed by atoms with van der Waals surface area (Å²) in [5, 5.41) is 20.0. The molecule has 0 unspecified atom stereocenters. The van der Waals surface area contributed by atoms with Gasteiger partial charge in [-0.25, -0.2) is 9.59 Å². The second kappa shape index (κ2) is 13.9. The van der Waals surface area contributed by atoms with Crippen LogP contribution in [0.2, 0.25) is 0 Å². The van der Waals surface area contributed by atoms with Crippen LogP contribution in [0, 0.1) is 13.8 Å². The van der Waals surface area contributed by atoms with Crippen molar-refractivity contribution >= 4 is 24.0 Å². The second-order valence-corrected chi connectivity index (χ2v) is 10.2. The molecule has 2 amide bonds. The van der Waals surface area contributed by atoms with Crippen molar-refractivity contribution in [3.8, 4) is 17.2 Å². The van der Waals surface area contributed by atoms with E-state index in [9.17, 15) is 19.5 Å². The number of aromatic nitrogens is 1. The van der Waals surface area contributed by atoms with Gasteiger partial charge in [0.25, 0.3) is 0 Å². The SMILES string of the molecule is CCOc1cc([C@H]2NC(=O)NC(C)=C2C(=O)OC)ccc1OC[C@@H](O)N/N=C\c1cc(C)n(-c2cccc(C(C)=O)c2)c1C. The fourth-order valence-electron chi connectivity index (χ4n) is 4.99. The Morgan fingerprint density at radius 3 is 2.59 bits per heavy atom. The van der Waals surface area contributed by atoms with Crippen molar-refractivity contribution in [1.29, 1.82) is 0 Å². The van der Waals surface area contributed by atoms with E-state index in [4.69, 9.17) is 14.2 Å². The number of carbonyl (C=O) groups excluding carboxylic acids is 3. The lowest BCUT2D eigenvalue weighted by Gasteiger charge is -2.28. The molecule has 2 heterocycles. The lowest BCUT2D eigenvalue weighted by atomic mass is 9.95. The normalized spacial score (nSPS) is 15.4. The van der Waals surface area contributed by atoms with Crippen LogP contribution in [0.5, 0.6) is 11.5 Å². The van der Waals surface area contributed by atoms with Crippen LogP contribution < -0.4 is 25.5 Å². The quantitative estimate of drug-likeness (QED) is 0.0802. The minimum absolute atomic E-state index is 0.00367. The van der Waals surface area contributed by atoms with E-state index in [0.717, 1.165) is 22.6 Å². The van der Waals surface area contributed by atoms with Gasteiger partial charge in [0, 0.05) is 33.9 Å². The van der Waals surface area contributed by atoms with Crippen LogP contribution in [0.1, 0.15) is 59.7 Å². The van der Waals surface area contributed by atoms with Gasteiger partial charge in [-0.3, -0.25) is 10.2 Å². The Balaban J connectivity index is 1.44. The highest BCUT2D eigenvalue weighted by Crippen LogP contribution is 2.35. The molecule has 0 saturated carbocycles. The van der Waals surface area contributed by atoms with E-state index >= 15 is 0 Å². The molecule has 0 saturated heterocycles. The minimum atomic E-state index is -1.14. The van der Waals surface area contributed by atoms with Gasteiger partial charge in [0.15, 0.2) is 23.5 Å². The molecule has 2 aromatic carbocycles. The number of hydrazone groups is 1. The van der Waals surface area contributed by atoms with Crippen molar-refractivity contribution in [2.45, 2.75) is 46.9 Å². The molecular formula is C32H37N5O7. The summed E-state index contributed by atoms with van der Waals surface area (Å²) < 4.78 is 18.5. The van der Waals surface area contributed by atoms with Crippen molar-refractivity contribution < 1.29 is 33.7 Å². The fraction of sp³-hybridized carbons (Fsp3) is 0.312. The molecule has 0 aliphatic carbocycles. The van der Waals surface area contributed by atoms with Crippen molar-refractivity contribution in [1.82, 2.24) is 20.6 Å². The third-order valence-corrected chi connectivity index (χ3v) is 7.08. The first kappa shape index (κ1) is 31.8. The lowest BCUT2D eigenvalue weighted by molar-refractivity contribution is -0.136. The first-order valence-electron chi connectivity index (χ1n) is 14.1. The summed E-state index contributed by atoms with van der Waals surface area (Å²) >= 11 is 0. The van der Waals surface area contributed by atoms with E-state index < -0.39 is 24.3 Å². The number of carbonyl (C=O) groups is 3. The number of benzene rings is 2. The number of hydrogen-bond donors (Lipinski definition) is 4. The number of nitrogens with zero attached hydrogens (tertiary/aromatic N) is 2. The number of esters is 1. The number of ketones is 1. The molecule has 0 fully saturated rings. The number of rotatable bonds is 12. The number of aliphatic hydroxyl groups excluding tert-OH is 1. The highest BCUT2D eigenvalue weighted by molar-refractivity contribution is 5.95. The van der Waals surface area contributed by atoms with Crippen LogP contribution >= 0.6 is 0 Å². The smallest absolute Gasteiger partial charge is 0.337 e. The Kier molecular flexibility index (Phi) is 10.1. The van der Waals surface area contributed by atoms with Gasteiger partial charge >= 0.3 is 12.0 Å². The van der Waals surface area contributed by atoms with Crippen molar-refractivity contribution in [3.63, 3.8) is 0 Å². The molecular weight excluding hydrogens is 566 g/mol. The molecule has 0 radical (unpaired) electrons. The molecule has 12 heteroatoms. The summed E-state index contributed by atoms with van der Waals surface area (Å²) in [6.45, 7) is 9.08. The molecule has 1 aliphatic rings. The van der Waals surface area contributed by atoms with Gasteiger partial charge < -0.3 is 34.5 Å². The molecule has 4 N–H and O–H groups in total. The average molecular weight is 604 g/mol. The summed E-state index contributed by atoms with van der Waals surface area (Å²) in [4.78, 5) is 36.4. The molecule has 4 rings (SSSR count). The molecule has 232 valence electrons. The second-order valence-electron chi connectivity index (χ2n) is 10.2.